The lowest BCUT2D eigenvalue weighted by atomic mass is 10.1. The highest BCUT2D eigenvalue weighted by molar-refractivity contribution is 5.96. The number of amides is 2. The molecule has 0 aliphatic carbocycles. The third-order valence-electron chi connectivity index (χ3n) is 3.92. The number of hydrogen-bond acceptors (Lipinski definition) is 3. The van der Waals surface area contributed by atoms with Crippen LogP contribution in [0, 0.1) is 6.92 Å². The van der Waals surface area contributed by atoms with Gasteiger partial charge in [0.15, 0.2) is 0 Å². The SMILES string of the molecule is COc1ccccc1C(=O)NCCN(Cc1cccc(C)c1)C(C)=O. The molecule has 25 heavy (non-hydrogen) atoms. The van der Waals surface area contributed by atoms with Gasteiger partial charge in [-0.1, -0.05) is 42.0 Å². The first-order chi connectivity index (χ1) is 12.0. The predicted octanol–water partition coefficient (Wildman–Crippen LogP) is 2.78. The van der Waals surface area contributed by atoms with Crippen molar-refractivity contribution in [2.24, 2.45) is 0 Å². The van der Waals surface area contributed by atoms with Crippen molar-refractivity contribution in [2.45, 2.75) is 20.4 Å². The van der Waals surface area contributed by atoms with Gasteiger partial charge in [-0.25, -0.2) is 0 Å². The largest absolute Gasteiger partial charge is 0.496 e. The fourth-order valence-corrected chi connectivity index (χ4v) is 2.61. The van der Waals surface area contributed by atoms with Gasteiger partial charge in [0.25, 0.3) is 5.91 Å². The predicted molar refractivity (Wildman–Crippen MR) is 97.6 cm³/mol. The lowest BCUT2D eigenvalue weighted by molar-refractivity contribution is -0.129. The van der Waals surface area contributed by atoms with Gasteiger partial charge in [0.2, 0.25) is 5.91 Å². The highest BCUT2D eigenvalue weighted by atomic mass is 16.5. The summed E-state index contributed by atoms with van der Waals surface area (Å²) in [4.78, 5) is 25.9. The summed E-state index contributed by atoms with van der Waals surface area (Å²) in [6, 6.07) is 15.1. The molecule has 0 unspecified atom stereocenters. The summed E-state index contributed by atoms with van der Waals surface area (Å²) in [5, 5.41) is 2.84. The van der Waals surface area contributed by atoms with Crippen LogP contribution in [-0.2, 0) is 11.3 Å². The van der Waals surface area contributed by atoms with E-state index < -0.39 is 0 Å². The Morgan fingerprint density at radius 3 is 2.56 bits per heavy atom. The summed E-state index contributed by atoms with van der Waals surface area (Å²) in [5.74, 6) is 0.299. The van der Waals surface area contributed by atoms with Gasteiger partial charge in [-0.3, -0.25) is 9.59 Å². The van der Waals surface area contributed by atoms with Crippen LogP contribution in [0.25, 0.3) is 0 Å². The molecule has 2 rings (SSSR count). The topological polar surface area (TPSA) is 58.6 Å². The number of benzene rings is 2. The third kappa shape index (κ3) is 5.35. The molecule has 0 aromatic heterocycles. The monoisotopic (exact) mass is 340 g/mol. The van der Waals surface area contributed by atoms with Gasteiger partial charge >= 0.3 is 0 Å². The second kappa shape index (κ2) is 8.87. The number of hydrogen-bond donors (Lipinski definition) is 1. The molecule has 5 nitrogen and oxygen atoms in total. The molecular formula is C20H24N2O3. The molecule has 0 aliphatic rings. The van der Waals surface area contributed by atoms with E-state index in [4.69, 9.17) is 4.74 Å². The van der Waals surface area contributed by atoms with Crippen LogP contribution in [0.3, 0.4) is 0 Å². The Balaban J connectivity index is 1.93. The molecule has 0 fully saturated rings. The Hall–Kier alpha value is -2.82. The van der Waals surface area contributed by atoms with E-state index >= 15 is 0 Å². The van der Waals surface area contributed by atoms with Crippen LogP contribution < -0.4 is 10.1 Å². The first-order valence-corrected chi connectivity index (χ1v) is 8.23. The van der Waals surface area contributed by atoms with Crippen molar-refractivity contribution in [2.75, 3.05) is 20.2 Å². The molecular weight excluding hydrogens is 316 g/mol. The van der Waals surface area contributed by atoms with Crippen molar-refractivity contribution in [3.63, 3.8) is 0 Å². The van der Waals surface area contributed by atoms with E-state index in [1.165, 1.54) is 14.0 Å². The van der Waals surface area contributed by atoms with E-state index in [-0.39, 0.29) is 11.8 Å². The Bertz CT molecular complexity index is 743. The van der Waals surface area contributed by atoms with Crippen LogP contribution in [0.2, 0.25) is 0 Å². The molecule has 0 radical (unpaired) electrons. The number of aryl methyl sites for hydroxylation is 1. The maximum atomic E-state index is 12.3. The van der Waals surface area contributed by atoms with Crippen molar-refractivity contribution in [3.8, 4) is 5.75 Å². The van der Waals surface area contributed by atoms with Gasteiger partial charge in [-0.05, 0) is 24.6 Å². The first-order valence-electron chi connectivity index (χ1n) is 8.23. The summed E-state index contributed by atoms with van der Waals surface area (Å²) >= 11 is 0. The van der Waals surface area contributed by atoms with Gasteiger partial charge < -0.3 is 15.0 Å². The molecule has 0 heterocycles. The van der Waals surface area contributed by atoms with E-state index in [1.54, 1.807) is 23.1 Å². The molecule has 2 amide bonds. The Morgan fingerprint density at radius 1 is 1.12 bits per heavy atom. The lowest BCUT2D eigenvalue weighted by Crippen LogP contribution is -2.37. The smallest absolute Gasteiger partial charge is 0.255 e. The highest BCUT2D eigenvalue weighted by Gasteiger charge is 2.13. The number of nitrogens with zero attached hydrogens (tertiary/aromatic N) is 1. The number of methoxy groups -OCH3 is 1. The first kappa shape index (κ1) is 18.5. The van der Waals surface area contributed by atoms with Crippen LogP contribution in [0.5, 0.6) is 5.75 Å². The fraction of sp³-hybridized carbons (Fsp3) is 0.300. The van der Waals surface area contributed by atoms with Gasteiger partial charge in [-0.15, -0.1) is 0 Å². The minimum absolute atomic E-state index is 0.0203. The summed E-state index contributed by atoms with van der Waals surface area (Å²) in [7, 11) is 1.53. The molecule has 2 aromatic rings. The average Bonchev–Trinajstić information content (AvgIpc) is 2.60. The number of carbonyl (C=O) groups is 2. The zero-order valence-corrected chi connectivity index (χ0v) is 14.9. The number of nitrogens with one attached hydrogen (secondary N) is 1. The van der Waals surface area contributed by atoms with Gasteiger partial charge in [0.1, 0.15) is 5.75 Å². The molecule has 0 aliphatic heterocycles. The molecule has 132 valence electrons. The maximum Gasteiger partial charge on any atom is 0.255 e. The van der Waals surface area contributed by atoms with Crippen molar-refractivity contribution in [1.29, 1.82) is 0 Å². The van der Waals surface area contributed by atoms with Crippen molar-refractivity contribution in [1.82, 2.24) is 10.2 Å². The second-order valence-corrected chi connectivity index (χ2v) is 5.89. The van der Waals surface area contributed by atoms with Gasteiger partial charge in [-0.2, -0.15) is 0 Å². The van der Waals surface area contributed by atoms with Crippen molar-refractivity contribution in [3.05, 3.63) is 65.2 Å². The van der Waals surface area contributed by atoms with E-state index in [0.717, 1.165) is 11.1 Å². The van der Waals surface area contributed by atoms with Gasteiger partial charge in [0, 0.05) is 26.6 Å². The summed E-state index contributed by atoms with van der Waals surface area (Å²) < 4.78 is 5.20. The van der Waals surface area contributed by atoms with Crippen LogP contribution in [0.4, 0.5) is 0 Å². The van der Waals surface area contributed by atoms with E-state index in [0.29, 0.717) is 30.9 Å². The van der Waals surface area contributed by atoms with Gasteiger partial charge in [0.05, 0.1) is 12.7 Å². The quantitative estimate of drug-likeness (QED) is 0.843. The summed E-state index contributed by atoms with van der Waals surface area (Å²) in [6.07, 6.45) is 0. The van der Waals surface area contributed by atoms with Crippen LogP contribution in [0.15, 0.2) is 48.5 Å². The zero-order valence-electron chi connectivity index (χ0n) is 14.9. The van der Waals surface area contributed by atoms with E-state index in [1.807, 2.05) is 31.2 Å². The minimum Gasteiger partial charge on any atom is -0.496 e. The Kier molecular flexibility index (Phi) is 6.57. The van der Waals surface area contributed by atoms with Crippen LogP contribution in [0.1, 0.15) is 28.4 Å². The number of carbonyl (C=O) groups excluding carboxylic acids is 2. The molecule has 0 spiro atoms. The molecule has 0 saturated carbocycles. The molecule has 1 N–H and O–H groups in total. The molecule has 0 bridgehead atoms. The summed E-state index contributed by atoms with van der Waals surface area (Å²) in [5.41, 5.74) is 2.72. The zero-order chi connectivity index (χ0) is 18.2. The molecule has 2 aromatic carbocycles. The van der Waals surface area contributed by atoms with Crippen molar-refractivity contribution < 1.29 is 14.3 Å². The average molecular weight is 340 g/mol. The third-order valence-corrected chi connectivity index (χ3v) is 3.92. The fourth-order valence-electron chi connectivity index (χ4n) is 2.61. The normalized spacial score (nSPS) is 10.2. The standard InChI is InChI=1S/C20H24N2O3/c1-15-7-6-8-17(13-15)14-22(16(2)23)12-11-21-20(24)18-9-4-5-10-19(18)25-3/h4-10,13H,11-12,14H2,1-3H3,(H,21,24). The highest BCUT2D eigenvalue weighted by Crippen LogP contribution is 2.16. The van der Waals surface area contributed by atoms with E-state index in [9.17, 15) is 9.59 Å². The van der Waals surface area contributed by atoms with Crippen molar-refractivity contribution >= 4 is 11.8 Å². The molecule has 0 atom stereocenters. The number of rotatable bonds is 7. The van der Waals surface area contributed by atoms with Crippen LogP contribution in [-0.4, -0.2) is 36.9 Å². The Morgan fingerprint density at radius 2 is 1.88 bits per heavy atom. The van der Waals surface area contributed by atoms with E-state index in [2.05, 4.69) is 11.4 Å². The lowest BCUT2D eigenvalue weighted by Gasteiger charge is -2.21. The second-order valence-electron chi connectivity index (χ2n) is 5.89. The Labute approximate surface area is 148 Å². The summed E-state index contributed by atoms with van der Waals surface area (Å²) in [6.45, 7) is 4.92. The molecule has 0 saturated heterocycles. The number of para-hydroxylation sites is 1. The maximum absolute atomic E-state index is 12.3. The minimum atomic E-state index is -0.212. The van der Waals surface area contributed by atoms with Crippen LogP contribution >= 0.6 is 0 Å². The number of ether oxygens (including phenoxy) is 1. The molecule has 5 heteroatoms.